The lowest BCUT2D eigenvalue weighted by Crippen LogP contribution is -2.09. The molecule has 0 fully saturated rings. The van der Waals surface area contributed by atoms with Crippen molar-refractivity contribution in [1.82, 2.24) is 0 Å². The zero-order chi connectivity index (χ0) is 11.5. The van der Waals surface area contributed by atoms with E-state index in [-0.39, 0.29) is 0 Å². The van der Waals surface area contributed by atoms with E-state index >= 15 is 0 Å². The normalized spacial score (nSPS) is 9.80. The van der Waals surface area contributed by atoms with Crippen LogP contribution in [0.1, 0.15) is 51.9 Å². The molecule has 0 aromatic heterocycles. The number of unbranched alkanes of at least 4 members (excludes halogenated alkanes) is 3. The van der Waals surface area contributed by atoms with Gasteiger partial charge in [-0.15, -0.1) is 0 Å². The first-order valence-corrected chi connectivity index (χ1v) is 5.79. The van der Waals surface area contributed by atoms with E-state index in [0.717, 1.165) is 50.5 Å². The van der Waals surface area contributed by atoms with Crippen LogP contribution in [0.4, 0.5) is 0 Å². The zero-order valence-corrected chi connectivity index (χ0v) is 9.54. The summed E-state index contributed by atoms with van der Waals surface area (Å²) in [4.78, 5) is 10.5. The largest absolute Gasteiger partial charge is 0.451 e. The Balaban J connectivity index is 3.43. The first-order chi connectivity index (χ1) is 7.20. The summed E-state index contributed by atoms with van der Waals surface area (Å²) in [6.07, 6.45) is 6.94. The minimum atomic E-state index is -1.19. The van der Waals surface area contributed by atoms with Gasteiger partial charge in [0.15, 0.2) is 0 Å². The van der Waals surface area contributed by atoms with Crippen LogP contribution >= 0.6 is 0 Å². The van der Waals surface area contributed by atoms with Crippen LogP contribution < -0.4 is 0 Å². The third kappa shape index (κ3) is 9.73. The highest BCUT2D eigenvalue weighted by Crippen LogP contribution is 2.13. The molecule has 0 saturated carbocycles. The molecule has 0 heterocycles. The molecule has 4 heteroatoms. The summed E-state index contributed by atoms with van der Waals surface area (Å²) in [6, 6.07) is 0. The summed E-state index contributed by atoms with van der Waals surface area (Å²) < 4.78 is 0. The maximum atomic E-state index is 10.5. The number of hydrogen-bond donors (Lipinski definition) is 2. The second-order valence-electron chi connectivity index (χ2n) is 3.89. The molecule has 0 aromatic carbocycles. The Morgan fingerprint density at radius 2 is 1.80 bits per heavy atom. The van der Waals surface area contributed by atoms with Crippen LogP contribution in [0.15, 0.2) is 5.57 Å². The van der Waals surface area contributed by atoms with Crippen LogP contribution in [0.25, 0.3) is 0 Å². The summed E-state index contributed by atoms with van der Waals surface area (Å²) in [5.41, 5.74) is 0.876. The maximum absolute atomic E-state index is 10.5. The van der Waals surface area contributed by atoms with Crippen molar-refractivity contribution in [1.29, 1.82) is 0 Å². The number of hydrogen-bond acceptors (Lipinski definition) is 3. The van der Waals surface area contributed by atoms with Gasteiger partial charge in [0.2, 0.25) is 0 Å². The maximum Gasteiger partial charge on any atom is 0.451 e. The van der Waals surface area contributed by atoms with Gasteiger partial charge in [-0.05, 0) is 32.0 Å². The van der Waals surface area contributed by atoms with Gasteiger partial charge in [0, 0.05) is 5.57 Å². The average Bonchev–Trinajstić information content (AvgIpc) is 2.21. The summed E-state index contributed by atoms with van der Waals surface area (Å²) in [6.45, 7) is 2.10. The molecule has 0 amide bonds. The van der Waals surface area contributed by atoms with Gasteiger partial charge in [-0.3, -0.25) is 0 Å². The Hall–Kier alpha value is -0.565. The fourth-order valence-electron chi connectivity index (χ4n) is 1.46. The predicted octanol–water partition coefficient (Wildman–Crippen LogP) is 1.97. The molecule has 0 saturated heterocycles. The molecule has 0 rings (SSSR count). The Morgan fingerprint density at radius 3 is 2.33 bits per heavy atom. The molecule has 0 bridgehead atoms. The summed E-state index contributed by atoms with van der Waals surface area (Å²) in [7, 11) is -1.19. The quantitative estimate of drug-likeness (QED) is 0.349. The van der Waals surface area contributed by atoms with Gasteiger partial charge in [0.25, 0.3) is 0 Å². The number of carbonyl (C=O) groups excluding carboxylic acids is 1. The van der Waals surface area contributed by atoms with Gasteiger partial charge >= 0.3 is 7.12 Å². The van der Waals surface area contributed by atoms with Gasteiger partial charge in [-0.1, -0.05) is 26.2 Å². The lowest BCUT2D eigenvalue weighted by atomic mass is 9.83. The average molecular weight is 212 g/mol. The van der Waals surface area contributed by atoms with E-state index in [2.05, 4.69) is 6.92 Å². The van der Waals surface area contributed by atoms with E-state index in [9.17, 15) is 4.79 Å². The summed E-state index contributed by atoms with van der Waals surface area (Å²) >= 11 is 0. The van der Waals surface area contributed by atoms with Crippen molar-refractivity contribution in [3.63, 3.8) is 0 Å². The highest BCUT2D eigenvalue weighted by molar-refractivity contribution is 6.40. The van der Waals surface area contributed by atoms with Gasteiger partial charge in [0.1, 0.15) is 5.94 Å². The third-order valence-electron chi connectivity index (χ3n) is 2.42. The van der Waals surface area contributed by atoms with Gasteiger partial charge < -0.3 is 10.0 Å². The van der Waals surface area contributed by atoms with E-state index in [4.69, 9.17) is 10.0 Å². The lowest BCUT2D eigenvalue weighted by molar-refractivity contribution is 0.401. The van der Waals surface area contributed by atoms with Crippen LogP contribution in [-0.4, -0.2) is 23.1 Å². The minimum Gasteiger partial charge on any atom is -0.427 e. The predicted molar refractivity (Wildman–Crippen MR) is 62.2 cm³/mol. The monoisotopic (exact) mass is 212 g/mol. The van der Waals surface area contributed by atoms with E-state index < -0.39 is 7.12 Å². The molecular formula is C11H21BO3. The Morgan fingerprint density at radius 1 is 1.13 bits per heavy atom. The molecule has 0 aliphatic carbocycles. The molecule has 0 aliphatic rings. The van der Waals surface area contributed by atoms with Crippen LogP contribution in [-0.2, 0) is 4.79 Å². The van der Waals surface area contributed by atoms with Crippen molar-refractivity contribution < 1.29 is 14.8 Å². The molecule has 15 heavy (non-hydrogen) atoms. The van der Waals surface area contributed by atoms with E-state index in [1.54, 1.807) is 0 Å². The van der Waals surface area contributed by atoms with Crippen LogP contribution in [0.3, 0.4) is 0 Å². The highest BCUT2D eigenvalue weighted by atomic mass is 16.4. The number of allylic oxidation sites excluding steroid dienone is 1. The van der Waals surface area contributed by atoms with Crippen molar-refractivity contribution in [3.05, 3.63) is 5.57 Å². The zero-order valence-electron chi connectivity index (χ0n) is 9.54. The Kier molecular flexibility index (Phi) is 9.59. The minimum absolute atomic E-state index is 0.426. The first-order valence-electron chi connectivity index (χ1n) is 5.79. The fourth-order valence-corrected chi connectivity index (χ4v) is 1.46. The molecule has 0 unspecified atom stereocenters. The van der Waals surface area contributed by atoms with Gasteiger partial charge in [-0.25, -0.2) is 4.79 Å². The SMILES string of the molecule is CCCCC(=C=O)CCCCCB(O)O. The van der Waals surface area contributed by atoms with Crippen molar-refractivity contribution in [2.75, 3.05) is 0 Å². The van der Waals surface area contributed by atoms with E-state index in [0.29, 0.717) is 6.32 Å². The molecule has 0 radical (unpaired) electrons. The van der Waals surface area contributed by atoms with Crippen molar-refractivity contribution in [3.8, 4) is 0 Å². The fraction of sp³-hybridized carbons (Fsp3) is 0.818. The van der Waals surface area contributed by atoms with Gasteiger partial charge in [-0.2, -0.15) is 0 Å². The molecular weight excluding hydrogens is 191 g/mol. The topological polar surface area (TPSA) is 57.5 Å². The first kappa shape index (κ1) is 14.4. The lowest BCUT2D eigenvalue weighted by Gasteiger charge is -2.02. The standard InChI is InChI=1S/C11H21BO3/c1-2-3-7-11(10-13)8-5-4-6-9-12(14)15/h14-15H,2-9H2,1H3. The second-order valence-corrected chi connectivity index (χ2v) is 3.89. The smallest absolute Gasteiger partial charge is 0.427 e. The summed E-state index contributed by atoms with van der Waals surface area (Å²) in [5, 5.41) is 17.2. The van der Waals surface area contributed by atoms with Gasteiger partial charge in [0.05, 0.1) is 0 Å². The highest BCUT2D eigenvalue weighted by Gasteiger charge is 2.05. The Bertz CT molecular complexity index is 198. The molecule has 0 spiro atoms. The Labute approximate surface area is 92.3 Å². The van der Waals surface area contributed by atoms with E-state index in [1.807, 2.05) is 5.94 Å². The number of rotatable bonds is 9. The van der Waals surface area contributed by atoms with Crippen molar-refractivity contribution in [2.45, 2.75) is 58.2 Å². The van der Waals surface area contributed by atoms with Crippen LogP contribution in [0.5, 0.6) is 0 Å². The molecule has 0 aliphatic heterocycles. The van der Waals surface area contributed by atoms with Crippen LogP contribution in [0.2, 0.25) is 6.32 Å². The second kappa shape index (κ2) is 9.97. The van der Waals surface area contributed by atoms with Crippen molar-refractivity contribution in [2.24, 2.45) is 0 Å². The molecule has 3 nitrogen and oxygen atoms in total. The van der Waals surface area contributed by atoms with Crippen LogP contribution in [0, 0.1) is 0 Å². The van der Waals surface area contributed by atoms with E-state index in [1.165, 1.54) is 0 Å². The molecule has 0 atom stereocenters. The summed E-state index contributed by atoms with van der Waals surface area (Å²) in [5.74, 6) is 2.00. The van der Waals surface area contributed by atoms with Crippen molar-refractivity contribution >= 4 is 13.1 Å². The molecule has 86 valence electrons. The molecule has 2 N–H and O–H groups in total. The molecule has 0 aromatic rings. The third-order valence-corrected chi connectivity index (χ3v) is 2.42.